The number of para-hydroxylation sites is 1. The minimum atomic E-state index is -0.418. The van der Waals surface area contributed by atoms with Crippen LogP contribution in [0.25, 0.3) is 0 Å². The van der Waals surface area contributed by atoms with E-state index in [2.05, 4.69) is 10.8 Å². The first-order valence-electron chi connectivity index (χ1n) is 5.85. The third-order valence-corrected chi connectivity index (χ3v) is 2.44. The van der Waals surface area contributed by atoms with Gasteiger partial charge in [0.25, 0.3) is 0 Å². The third-order valence-electron chi connectivity index (χ3n) is 2.30. The largest absolute Gasteiger partial charge is 0.369 e. The number of hydrogen-bond donors (Lipinski definition) is 2. The molecule has 0 aromatic heterocycles. The van der Waals surface area contributed by atoms with Gasteiger partial charge in [0.05, 0.1) is 11.2 Å². The Morgan fingerprint density at radius 3 is 2.61 bits per heavy atom. The lowest BCUT2D eigenvalue weighted by Crippen LogP contribution is -2.38. The first-order valence-corrected chi connectivity index (χ1v) is 6.32. The van der Waals surface area contributed by atoms with E-state index < -0.39 is 6.04 Å². The van der Waals surface area contributed by atoms with E-state index in [1.807, 2.05) is 44.2 Å². The molecule has 0 spiro atoms. The van der Waals surface area contributed by atoms with Gasteiger partial charge < -0.3 is 10.2 Å². The van der Waals surface area contributed by atoms with Gasteiger partial charge in [-0.3, -0.25) is 0 Å². The highest BCUT2D eigenvalue weighted by Crippen LogP contribution is 2.08. The molecular formula is C13H18N2O2S. The van der Waals surface area contributed by atoms with Gasteiger partial charge in [0.1, 0.15) is 6.04 Å². The summed E-state index contributed by atoms with van der Waals surface area (Å²) in [5, 5.41) is 2.83. The molecule has 5 heteroatoms. The minimum Gasteiger partial charge on any atom is -0.369 e. The van der Waals surface area contributed by atoms with Gasteiger partial charge in [-0.1, -0.05) is 44.3 Å². The molecule has 0 unspecified atom stereocenters. The molecule has 0 radical (unpaired) electrons. The van der Waals surface area contributed by atoms with E-state index in [0.29, 0.717) is 12.3 Å². The van der Waals surface area contributed by atoms with Crippen LogP contribution in [0, 0.1) is 5.92 Å². The molecule has 0 bridgehead atoms. The Labute approximate surface area is 113 Å². The maximum absolute atomic E-state index is 11.8. The van der Waals surface area contributed by atoms with Crippen LogP contribution in [0.3, 0.4) is 0 Å². The zero-order chi connectivity index (χ0) is 13.4. The first-order chi connectivity index (χ1) is 8.63. The standard InChI is InChI=1S/C13H18N2O2S/c1-10(2)8-12(14-9-18)13(16)17-15-11-6-4-3-5-7-11/h3-7,9-10,12,15H,8H2,1-2H3,(H,14,18)/t12-/m0/s1. The van der Waals surface area contributed by atoms with Crippen LogP contribution in [0.1, 0.15) is 20.3 Å². The average Bonchev–Trinajstić information content (AvgIpc) is 2.36. The maximum atomic E-state index is 11.8. The van der Waals surface area contributed by atoms with Crippen LogP contribution in [-0.2, 0) is 9.63 Å². The number of carbonyl (C=O) groups excluding carboxylic acids is 1. The number of nitrogens with one attached hydrogen (secondary N) is 2. The summed E-state index contributed by atoms with van der Waals surface area (Å²) in [5.41, 5.74) is 4.70. The van der Waals surface area contributed by atoms with Gasteiger partial charge in [-0.05, 0) is 24.5 Å². The van der Waals surface area contributed by atoms with E-state index >= 15 is 0 Å². The van der Waals surface area contributed by atoms with Crippen molar-refractivity contribution in [3.05, 3.63) is 30.3 Å². The van der Waals surface area contributed by atoms with Crippen molar-refractivity contribution in [3.63, 3.8) is 0 Å². The van der Waals surface area contributed by atoms with Crippen LogP contribution in [0.2, 0.25) is 0 Å². The number of anilines is 1. The van der Waals surface area contributed by atoms with Crippen LogP contribution < -0.4 is 10.8 Å². The minimum absolute atomic E-state index is 0.367. The van der Waals surface area contributed by atoms with Crippen molar-refractivity contribution in [2.45, 2.75) is 26.3 Å². The number of rotatable bonds is 7. The van der Waals surface area contributed by atoms with Crippen molar-refractivity contribution < 1.29 is 9.63 Å². The quantitative estimate of drug-likeness (QED) is 0.586. The van der Waals surface area contributed by atoms with Crippen LogP contribution in [-0.4, -0.2) is 17.5 Å². The predicted octanol–water partition coefficient (Wildman–Crippen LogP) is 2.52. The third kappa shape index (κ3) is 5.14. The summed E-state index contributed by atoms with van der Waals surface area (Å²) >= 11 is 4.71. The fourth-order valence-corrected chi connectivity index (χ4v) is 1.64. The second-order valence-electron chi connectivity index (χ2n) is 4.36. The average molecular weight is 266 g/mol. The second-order valence-corrected chi connectivity index (χ2v) is 4.59. The van der Waals surface area contributed by atoms with Gasteiger partial charge in [-0.2, -0.15) is 0 Å². The fourth-order valence-electron chi connectivity index (χ4n) is 1.47. The van der Waals surface area contributed by atoms with Crippen molar-refractivity contribution >= 4 is 29.4 Å². The molecular weight excluding hydrogens is 248 g/mol. The number of thiocarbonyl (C=S) groups is 1. The molecule has 1 aromatic rings. The molecule has 4 nitrogen and oxygen atoms in total. The number of benzene rings is 1. The Morgan fingerprint density at radius 1 is 1.39 bits per heavy atom. The lowest BCUT2D eigenvalue weighted by Gasteiger charge is -2.17. The highest BCUT2D eigenvalue weighted by Gasteiger charge is 2.20. The highest BCUT2D eigenvalue weighted by atomic mass is 32.1. The topological polar surface area (TPSA) is 50.4 Å². The molecule has 1 atom stereocenters. The van der Waals surface area contributed by atoms with Crippen LogP contribution in [0.4, 0.5) is 5.69 Å². The molecule has 1 rings (SSSR count). The van der Waals surface area contributed by atoms with E-state index in [1.54, 1.807) is 0 Å². The maximum Gasteiger partial charge on any atom is 0.354 e. The molecule has 0 aliphatic rings. The van der Waals surface area contributed by atoms with Crippen molar-refractivity contribution in [2.75, 3.05) is 5.48 Å². The lowest BCUT2D eigenvalue weighted by atomic mass is 10.0. The molecule has 18 heavy (non-hydrogen) atoms. The van der Waals surface area contributed by atoms with Crippen molar-refractivity contribution in [3.8, 4) is 0 Å². The summed E-state index contributed by atoms with van der Waals surface area (Å²) in [4.78, 5) is 16.9. The number of hydrogen-bond acceptors (Lipinski definition) is 4. The first kappa shape index (κ1) is 14.4. The summed E-state index contributed by atoms with van der Waals surface area (Å²) in [5.74, 6) is 0.00961. The molecule has 98 valence electrons. The summed E-state index contributed by atoms with van der Waals surface area (Å²) in [6.07, 6.45) is 0.669. The molecule has 0 amide bonds. The van der Waals surface area contributed by atoms with Gasteiger partial charge in [-0.15, -0.1) is 0 Å². The second kappa shape index (κ2) is 7.66. The van der Waals surface area contributed by atoms with E-state index in [1.165, 1.54) is 5.49 Å². The van der Waals surface area contributed by atoms with Crippen molar-refractivity contribution in [1.29, 1.82) is 0 Å². The van der Waals surface area contributed by atoms with Crippen molar-refractivity contribution in [1.82, 2.24) is 5.32 Å². The summed E-state index contributed by atoms with van der Waals surface area (Å²) in [6.45, 7) is 4.08. The fraction of sp³-hybridized carbons (Fsp3) is 0.385. The van der Waals surface area contributed by atoms with E-state index in [9.17, 15) is 4.79 Å². The normalized spacial score (nSPS) is 11.7. The predicted molar refractivity (Wildman–Crippen MR) is 76.2 cm³/mol. The van der Waals surface area contributed by atoms with E-state index in [4.69, 9.17) is 17.1 Å². The SMILES string of the molecule is CC(C)C[C@H](NC=S)C(=O)ONc1ccccc1. The molecule has 0 saturated heterocycles. The molecule has 0 aliphatic carbocycles. The Hall–Kier alpha value is -1.62. The summed E-state index contributed by atoms with van der Waals surface area (Å²) in [6, 6.07) is 8.82. The Bertz CT molecular complexity index is 382. The lowest BCUT2D eigenvalue weighted by molar-refractivity contribution is -0.143. The van der Waals surface area contributed by atoms with Crippen molar-refractivity contribution in [2.24, 2.45) is 5.92 Å². The van der Waals surface area contributed by atoms with E-state index in [-0.39, 0.29) is 5.97 Å². The highest BCUT2D eigenvalue weighted by molar-refractivity contribution is 7.78. The van der Waals surface area contributed by atoms with Gasteiger partial charge in [-0.25, -0.2) is 10.3 Å². The Kier molecular flexibility index (Phi) is 6.14. The molecule has 0 fully saturated rings. The van der Waals surface area contributed by atoms with Gasteiger partial charge in [0.2, 0.25) is 0 Å². The number of carbonyl (C=O) groups is 1. The van der Waals surface area contributed by atoms with Gasteiger partial charge in [0, 0.05) is 0 Å². The van der Waals surface area contributed by atoms with Gasteiger partial charge in [0.15, 0.2) is 0 Å². The smallest absolute Gasteiger partial charge is 0.354 e. The van der Waals surface area contributed by atoms with Crippen LogP contribution in [0.15, 0.2) is 30.3 Å². The summed E-state index contributed by atoms with van der Waals surface area (Å²) in [7, 11) is 0. The Morgan fingerprint density at radius 2 is 2.06 bits per heavy atom. The molecule has 0 aliphatic heterocycles. The zero-order valence-electron chi connectivity index (χ0n) is 10.6. The van der Waals surface area contributed by atoms with Crippen LogP contribution in [0.5, 0.6) is 0 Å². The monoisotopic (exact) mass is 266 g/mol. The molecule has 1 aromatic carbocycles. The Balaban J connectivity index is 2.48. The molecule has 0 heterocycles. The van der Waals surface area contributed by atoms with Crippen LogP contribution >= 0.6 is 12.2 Å². The van der Waals surface area contributed by atoms with E-state index in [0.717, 1.165) is 5.69 Å². The summed E-state index contributed by atoms with van der Waals surface area (Å²) < 4.78 is 0. The molecule has 2 N–H and O–H groups in total. The molecule has 0 saturated carbocycles. The zero-order valence-corrected chi connectivity index (χ0v) is 11.4. The van der Waals surface area contributed by atoms with Gasteiger partial charge >= 0.3 is 5.97 Å².